The van der Waals surface area contributed by atoms with Crippen LogP contribution in [0.3, 0.4) is 0 Å². The zero-order valence-corrected chi connectivity index (χ0v) is 16.9. The third-order valence-corrected chi connectivity index (χ3v) is 5.29. The lowest BCUT2D eigenvalue weighted by Gasteiger charge is -2.12. The van der Waals surface area contributed by atoms with Gasteiger partial charge in [-0.15, -0.1) is 11.3 Å². The summed E-state index contributed by atoms with van der Waals surface area (Å²) in [7, 11) is 0. The van der Waals surface area contributed by atoms with Gasteiger partial charge in [0, 0.05) is 17.0 Å². The summed E-state index contributed by atoms with van der Waals surface area (Å²) in [6, 6.07) is 8.06. The van der Waals surface area contributed by atoms with Crippen LogP contribution in [0.1, 0.15) is 34.1 Å². The van der Waals surface area contributed by atoms with Crippen LogP contribution in [0, 0.1) is 6.92 Å². The molecular weight excluding hydrogens is 400 g/mol. The van der Waals surface area contributed by atoms with Crippen LogP contribution in [-0.2, 0) is 11.3 Å². The maximum atomic E-state index is 12.2. The maximum absolute atomic E-state index is 12.2. The number of aliphatic carboxylic acids is 1. The fourth-order valence-electron chi connectivity index (χ4n) is 2.69. The molecule has 0 fully saturated rings. The van der Waals surface area contributed by atoms with Crippen LogP contribution < -0.4 is 10.6 Å². The van der Waals surface area contributed by atoms with E-state index >= 15 is 0 Å². The zero-order valence-electron chi connectivity index (χ0n) is 15.3. The first-order chi connectivity index (χ1) is 13.4. The van der Waals surface area contributed by atoms with Crippen LogP contribution in [0.2, 0.25) is 5.28 Å². The molecule has 0 radical (unpaired) electrons. The minimum absolute atomic E-state index is 0.188. The smallest absolute Gasteiger partial charge is 0.326 e. The number of rotatable bonds is 7. The molecule has 28 heavy (non-hydrogen) atoms. The number of anilines is 1. The first-order valence-electron chi connectivity index (χ1n) is 8.67. The molecule has 9 heteroatoms. The zero-order chi connectivity index (χ0) is 20.3. The number of amides is 1. The van der Waals surface area contributed by atoms with E-state index in [2.05, 4.69) is 20.6 Å². The quantitative estimate of drug-likeness (QED) is 0.503. The summed E-state index contributed by atoms with van der Waals surface area (Å²) >= 11 is 7.56. The highest BCUT2D eigenvalue weighted by atomic mass is 35.5. The number of nitrogens with zero attached hydrogens (tertiary/aromatic N) is 2. The van der Waals surface area contributed by atoms with E-state index in [0.29, 0.717) is 24.3 Å². The highest BCUT2D eigenvalue weighted by Gasteiger charge is 2.18. The standard InChI is InChI=1S/C19H19ClN4O3S/c1-3-14(18(26)27)22-16(25)12-6-4-11(5-7-12)9-21-15-13-8-10(2)28-17(13)24-19(20)23-15/h4-8,14H,3,9H2,1-2H3,(H,22,25)(H,26,27)(H,21,23,24). The number of aromatic nitrogens is 2. The summed E-state index contributed by atoms with van der Waals surface area (Å²) in [5, 5.41) is 15.9. The molecule has 3 N–H and O–H groups in total. The largest absolute Gasteiger partial charge is 0.480 e. The van der Waals surface area contributed by atoms with Gasteiger partial charge in [0.05, 0.1) is 5.39 Å². The number of halogens is 1. The molecule has 0 saturated carbocycles. The third-order valence-electron chi connectivity index (χ3n) is 4.18. The molecular formula is C19H19ClN4O3S. The molecule has 0 aliphatic rings. The SMILES string of the molecule is CCC(NC(=O)c1ccc(CNc2nc(Cl)nc3sc(C)cc23)cc1)C(=O)O. The number of hydrogen-bond acceptors (Lipinski definition) is 6. The Morgan fingerprint density at radius 2 is 1.96 bits per heavy atom. The highest BCUT2D eigenvalue weighted by Crippen LogP contribution is 2.29. The minimum atomic E-state index is -1.05. The van der Waals surface area contributed by atoms with E-state index in [0.717, 1.165) is 20.7 Å². The molecule has 1 unspecified atom stereocenters. The summed E-state index contributed by atoms with van der Waals surface area (Å²) in [5.74, 6) is -0.796. The number of hydrogen-bond donors (Lipinski definition) is 3. The van der Waals surface area contributed by atoms with Gasteiger partial charge in [-0.05, 0) is 48.7 Å². The molecule has 0 bridgehead atoms. The molecule has 1 aromatic carbocycles. The number of carbonyl (C=O) groups is 2. The highest BCUT2D eigenvalue weighted by molar-refractivity contribution is 7.18. The molecule has 0 aliphatic heterocycles. The number of carboxylic acids is 1. The van der Waals surface area contributed by atoms with Crippen molar-refractivity contribution < 1.29 is 14.7 Å². The van der Waals surface area contributed by atoms with Crippen molar-refractivity contribution in [2.75, 3.05) is 5.32 Å². The van der Waals surface area contributed by atoms with Gasteiger partial charge < -0.3 is 15.7 Å². The first-order valence-corrected chi connectivity index (χ1v) is 9.87. The molecule has 7 nitrogen and oxygen atoms in total. The number of nitrogens with one attached hydrogen (secondary N) is 2. The van der Waals surface area contributed by atoms with Gasteiger partial charge in [-0.3, -0.25) is 4.79 Å². The van der Waals surface area contributed by atoms with Crippen molar-refractivity contribution in [2.45, 2.75) is 32.9 Å². The van der Waals surface area contributed by atoms with E-state index in [9.17, 15) is 9.59 Å². The van der Waals surface area contributed by atoms with Crippen molar-refractivity contribution in [3.05, 3.63) is 51.6 Å². The van der Waals surface area contributed by atoms with Crippen LogP contribution in [0.25, 0.3) is 10.2 Å². The molecule has 3 aromatic rings. The minimum Gasteiger partial charge on any atom is -0.480 e. The van der Waals surface area contributed by atoms with Gasteiger partial charge in [0.1, 0.15) is 16.7 Å². The topological polar surface area (TPSA) is 104 Å². The third kappa shape index (κ3) is 4.58. The van der Waals surface area contributed by atoms with Gasteiger partial charge in [-0.25, -0.2) is 14.8 Å². The Hall–Kier alpha value is -2.71. The second-order valence-corrected chi connectivity index (χ2v) is 7.81. The first kappa shape index (κ1) is 20.0. The summed E-state index contributed by atoms with van der Waals surface area (Å²) in [5.41, 5.74) is 1.35. The van der Waals surface area contributed by atoms with Crippen molar-refractivity contribution in [3.63, 3.8) is 0 Å². The van der Waals surface area contributed by atoms with Crippen LogP contribution in [0.4, 0.5) is 5.82 Å². The molecule has 3 rings (SSSR count). The van der Waals surface area contributed by atoms with E-state index in [1.165, 1.54) is 0 Å². The molecule has 2 heterocycles. The van der Waals surface area contributed by atoms with Crippen molar-refractivity contribution in [1.29, 1.82) is 0 Å². The van der Waals surface area contributed by atoms with Crippen LogP contribution in [0.15, 0.2) is 30.3 Å². The average molecular weight is 419 g/mol. The van der Waals surface area contributed by atoms with Gasteiger partial charge in [0.15, 0.2) is 0 Å². The van der Waals surface area contributed by atoms with Gasteiger partial charge >= 0.3 is 5.97 Å². The fraction of sp³-hybridized carbons (Fsp3) is 0.263. The van der Waals surface area contributed by atoms with Gasteiger partial charge in [0.2, 0.25) is 5.28 Å². The van der Waals surface area contributed by atoms with Gasteiger partial charge in [-0.2, -0.15) is 0 Å². The van der Waals surface area contributed by atoms with Gasteiger partial charge in [0.25, 0.3) is 5.91 Å². The Kier molecular flexibility index (Phi) is 6.11. The van der Waals surface area contributed by atoms with Crippen molar-refractivity contribution in [1.82, 2.24) is 15.3 Å². The number of carbonyl (C=O) groups excluding carboxylic acids is 1. The molecule has 2 aromatic heterocycles. The Morgan fingerprint density at radius 1 is 1.25 bits per heavy atom. The molecule has 146 valence electrons. The lowest BCUT2D eigenvalue weighted by molar-refractivity contribution is -0.139. The van der Waals surface area contributed by atoms with Crippen LogP contribution >= 0.6 is 22.9 Å². The average Bonchev–Trinajstić information content (AvgIpc) is 3.04. The Balaban J connectivity index is 1.68. The Bertz CT molecular complexity index is 1020. The van der Waals surface area contributed by atoms with E-state index in [1.54, 1.807) is 30.4 Å². The predicted octanol–water partition coefficient (Wildman–Crippen LogP) is 3.86. The second-order valence-electron chi connectivity index (χ2n) is 6.24. The monoisotopic (exact) mass is 418 g/mol. The summed E-state index contributed by atoms with van der Waals surface area (Å²) in [6.45, 7) is 4.20. The van der Waals surface area contributed by atoms with E-state index in [1.807, 2.05) is 25.1 Å². The summed E-state index contributed by atoms with van der Waals surface area (Å²) < 4.78 is 0. The number of benzene rings is 1. The molecule has 1 atom stereocenters. The van der Waals surface area contributed by atoms with Crippen molar-refractivity contribution >= 4 is 50.8 Å². The molecule has 0 aliphatic carbocycles. The molecule has 0 saturated heterocycles. The van der Waals surface area contributed by atoms with Crippen LogP contribution in [0.5, 0.6) is 0 Å². The molecule has 0 spiro atoms. The Labute approximate surface area is 170 Å². The number of aryl methyl sites for hydroxylation is 1. The van der Waals surface area contributed by atoms with E-state index < -0.39 is 17.9 Å². The number of thiophene rings is 1. The normalized spacial score (nSPS) is 12.0. The summed E-state index contributed by atoms with van der Waals surface area (Å²) in [4.78, 5) is 33.7. The lowest BCUT2D eigenvalue weighted by Crippen LogP contribution is -2.40. The number of fused-ring (bicyclic) bond motifs is 1. The maximum Gasteiger partial charge on any atom is 0.326 e. The Morgan fingerprint density at radius 3 is 2.61 bits per heavy atom. The van der Waals surface area contributed by atoms with E-state index in [-0.39, 0.29) is 5.28 Å². The second kappa shape index (κ2) is 8.53. The predicted molar refractivity (Wildman–Crippen MR) is 110 cm³/mol. The van der Waals surface area contributed by atoms with Crippen molar-refractivity contribution in [3.8, 4) is 0 Å². The summed E-state index contributed by atoms with van der Waals surface area (Å²) in [6.07, 6.45) is 0.321. The molecule has 1 amide bonds. The lowest BCUT2D eigenvalue weighted by atomic mass is 10.1. The van der Waals surface area contributed by atoms with Crippen LogP contribution in [-0.4, -0.2) is 33.0 Å². The number of carboxylic acid groups (broad SMARTS) is 1. The fourth-order valence-corrected chi connectivity index (χ4v) is 3.79. The van der Waals surface area contributed by atoms with Gasteiger partial charge in [-0.1, -0.05) is 19.1 Å². The van der Waals surface area contributed by atoms with E-state index in [4.69, 9.17) is 16.7 Å². The van der Waals surface area contributed by atoms with Crippen molar-refractivity contribution in [2.24, 2.45) is 0 Å².